The molecule has 0 aliphatic heterocycles. The minimum Gasteiger partial charge on any atom is -0.362 e. The molecule has 9 heavy (non-hydrogen) atoms. The summed E-state index contributed by atoms with van der Waals surface area (Å²) >= 11 is 5.56. The van der Waals surface area contributed by atoms with Crippen LogP contribution < -0.4 is 0 Å². The fourth-order valence-corrected chi connectivity index (χ4v) is 0.428. The van der Waals surface area contributed by atoms with Crippen LogP contribution in [-0.2, 0) is 4.74 Å². The largest absolute Gasteiger partial charge is 0.362 e. The monoisotopic (exact) mass is 150 g/mol. The Labute approximate surface area is 62.3 Å². The molecule has 0 aromatic rings. The summed E-state index contributed by atoms with van der Waals surface area (Å²) in [5, 5.41) is 0. The van der Waals surface area contributed by atoms with Crippen LogP contribution in [0.15, 0.2) is 0 Å². The van der Waals surface area contributed by atoms with Crippen LogP contribution in [0.1, 0.15) is 27.7 Å². The zero-order valence-electron chi connectivity index (χ0n) is 6.57. The van der Waals surface area contributed by atoms with Crippen molar-refractivity contribution in [3.8, 4) is 0 Å². The number of hydrogen-bond acceptors (Lipinski definition) is 1. The maximum atomic E-state index is 5.56. The van der Waals surface area contributed by atoms with Gasteiger partial charge in [-0.1, -0.05) is 32.4 Å². The van der Waals surface area contributed by atoms with Crippen molar-refractivity contribution in [3.63, 3.8) is 0 Å². The van der Waals surface area contributed by atoms with Gasteiger partial charge in [0.1, 0.15) is 5.56 Å². The molecule has 0 radical (unpaired) electrons. The molecule has 56 valence electrons. The SMILES string of the molecule is CC(Cl)OCC(C)(C)C. The number of alkyl halides is 1. The summed E-state index contributed by atoms with van der Waals surface area (Å²) < 4.78 is 5.17. The summed E-state index contributed by atoms with van der Waals surface area (Å²) in [4.78, 5) is 0. The smallest absolute Gasteiger partial charge is 0.128 e. The van der Waals surface area contributed by atoms with Crippen LogP contribution in [0.2, 0.25) is 0 Å². The molecule has 0 aromatic heterocycles. The highest BCUT2D eigenvalue weighted by molar-refractivity contribution is 6.19. The molecular weight excluding hydrogens is 136 g/mol. The Kier molecular flexibility index (Phi) is 3.52. The van der Waals surface area contributed by atoms with Crippen molar-refractivity contribution in [3.05, 3.63) is 0 Å². The molecule has 1 unspecified atom stereocenters. The van der Waals surface area contributed by atoms with Crippen molar-refractivity contribution < 1.29 is 4.74 Å². The third-order valence-corrected chi connectivity index (χ3v) is 0.872. The lowest BCUT2D eigenvalue weighted by atomic mass is 9.99. The van der Waals surface area contributed by atoms with Crippen LogP contribution in [0, 0.1) is 5.41 Å². The van der Waals surface area contributed by atoms with E-state index in [-0.39, 0.29) is 11.0 Å². The topological polar surface area (TPSA) is 9.23 Å². The predicted molar refractivity (Wildman–Crippen MR) is 40.7 cm³/mol. The van der Waals surface area contributed by atoms with Crippen LogP contribution in [0.3, 0.4) is 0 Å². The van der Waals surface area contributed by atoms with Gasteiger partial charge >= 0.3 is 0 Å². The minimum atomic E-state index is -0.163. The zero-order chi connectivity index (χ0) is 7.49. The first-order valence-electron chi connectivity index (χ1n) is 3.17. The Bertz CT molecular complexity index is 73.5. The lowest BCUT2D eigenvalue weighted by molar-refractivity contribution is 0.0591. The van der Waals surface area contributed by atoms with Crippen molar-refractivity contribution in [2.24, 2.45) is 5.41 Å². The molecule has 0 aromatic carbocycles. The zero-order valence-corrected chi connectivity index (χ0v) is 7.33. The molecule has 0 rings (SSSR count). The third kappa shape index (κ3) is 8.25. The fourth-order valence-electron chi connectivity index (χ4n) is 0.365. The van der Waals surface area contributed by atoms with E-state index in [4.69, 9.17) is 16.3 Å². The van der Waals surface area contributed by atoms with E-state index in [1.54, 1.807) is 0 Å². The summed E-state index contributed by atoms with van der Waals surface area (Å²) in [6, 6.07) is 0. The highest BCUT2D eigenvalue weighted by atomic mass is 35.5. The average molecular weight is 151 g/mol. The van der Waals surface area contributed by atoms with E-state index in [1.807, 2.05) is 6.92 Å². The van der Waals surface area contributed by atoms with Crippen molar-refractivity contribution in [2.45, 2.75) is 33.3 Å². The first kappa shape index (κ1) is 9.25. The average Bonchev–Trinajstić information content (AvgIpc) is 1.59. The Morgan fingerprint density at radius 3 is 2.00 bits per heavy atom. The summed E-state index contributed by atoms with van der Waals surface area (Å²) in [6.45, 7) is 8.90. The molecule has 1 nitrogen and oxygen atoms in total. The Morgan fingerprint density at radius 1 is 1.44 bits per heavy atom. The van der Waals surface area contributed by atoms with E-state index >= 15 is 0 Å². The molecule has 0 bridgehead atoms. The molecule has 0 saturated heterocycles. The van der Waals surface area contributed by atoms with Crippen molar-refractivity contribution >= 4 is 11.6 Å². The third-order valence-electron chi connectivity index (χ3n) is 0.746. The Morgan fingerprint density at radius 2 is 1.89 bits per heavy atom. The van der Waals surface area contributed by atoms with Crippen molar-refractivity contribution in [2.75, 3.05) is 6.61 Å². The molecule has 1 atom stereocenters. The second kappa shape index (κ2) is 3.43. The predicted octanol–water partition coefficient (Wildman–Crippen LogP) is 2.63. The Hall–Kier alpha value is 0.250. The summed E-state index contributed by atoms with van der Waals surface area (Å²) in [6.07, 6.45) is 0. The lowest BCUT2D eigenvalue weighted by Gasteiger charge is -2.18. The van der Waals surface area contributed by atoms with Gasteiger partial charge in [-0.3, -0.25) is 0 Å². The first-order chi connectivity index (χ1) is 3.92. The number of ether oxygens (including phenoxy) is 1. The van der Waals surface area contributed by atoms with E-state index < -0.39 is 0 Å². The van der Waals surface area contributed by atoms with E-state index in [2.05, 4.69) is 20.8 Å². The molecule has 0 N–H and O–H groups in total. The maximum Gasteiger partial charge on any atom is 0.128 e. The van der Waals surface area contributed by atoms with E-state index in [9.17, 15) is 0 Å². The van der Waals surface area contributed by atoms with Gasteiger partial charge < -0.3 is 4.74 Å². The van der Waals surface area contributed by atoms with Gasteiger partial charge in [0.25, 0.3) is 0 Å². The van der Waals surface area contributed by atoms with Crippen LogP contribution in [0.4, 0.5) is 0 Å². The molecule has 2 heteroatoms. The molecular formula is C7H15ClO. The highest BCUT2D eigenvalue weighted by Crippen LogP contribution is 2.14. The van der Waals surface area contributed by atoms with Crippen molar-refractivity contribution in [1.82, 2.24) is 0 Å². The fraction of sp³-hybridized carbons (Fsp3) is 1.00. The highest BCUT2D eigenvalue weighted by Gasteiger charge is 2.10. The van der Waals surface area contributed by atoms with Gasteiger partial charge in [0, 0.05) is 0 Å². The summed E-state index contributed by atoms with van der Waals surface area (Å²) in [5.41, 5.74) is 0.0626. The molecule has 0 spiro atoms. The second-order valence-electron chi connectivity index (χ2n) is 3.41. The molecule has 0 heterocycles. The minimum absolute atomic E-state index is 0.163. The van der Waals surface area contributed by atoms with Crippen LogP contribution in [0.5, 0.6) is 0 Å². The maximum absolute atomic E-state index is 5.56. The van der Waals surface area contributed by atoms with Gasteiger partial charge in [-0.2, -0.15) is 0 Å². The van der Waals surface area contributed by atoms with Crippen LogP contribution in [0.25, 0.3) is 0 Å². The van der Waals surface area contributed by atoms with Gasteiger partial charge in [0.05, 0.1) is 6.61 Å². The normalized spacial score (nSPS) is 15.7. The van der Waals surface area contributed by atoms with Crippen LogP contribution in [-0.4, -0.2) is 12.2 Å². The molecule has 0 aliphatic carbocycles. The number of halogens is 1. The molecule has 0 amide bonds. The van der Waals surface area contributed by atoms with Crippen LogP contribution >= 0.6 is 11.6 Å². The van der Waals surface area contributed by atoms with Gasteiger partial charge in [0.15, 0.2) is 0 Å². The molecule has 0 saturated carbocycles. The molecule has 0 fully saturated rings. The van der Waals surface area contributed by atoms with Gasteiger partial charge in [-0.05, 0) is 12.3 Å². The van der Waals surface area contributed by atoms with E-state index in [0.717, 1.165) is 6.61 Å². The van der Waals surface area contributed by atoms with Gasteiger partial charge in [0.2, 0.25) is 0 Å². The lowest BCUT2D eigenvalue weighted by Crippen LogP contribution is -2.16. The summed E-state index contributed by atoms with van der Waals surface area (Å²) in [5.74, 6) is 0. The number of hydrogen-bond donors (Lipinski definition) is 0. The van der Waals surface area contributed by atoms with Gasteiger partial charge in [-0.15, -0.1) is 0 Å². The quantitative estimate of drug-likeness (QED) is 0.550. The first-order valence-corrected chi connectivity index (χ1v) is 3.61. The summed E-state index contributed by atoms with van der Waals surface area (Å²) in [7, 11) is 0. The van der Waals surface area contributed by atoms with E-state index in [0.29, 0.717) is 0 Å². The van der Waals surface area contributed by atoms with Gasteiger partial charge in [-0.25, -0.2) is 0 Å². The Balaban J connectivity index is 3.28. The number of rotatable bonds is 2. The second-order valence-corrected chi connectivity index (χ2v) is 4.03. The standard InChI is InChI=1S/C7H15ClO/c1-6(8)9-5-7(2,3)4/h6H,5H2,1-4H3. The van der Waals surface area contributed by atoms with Crippen molar-refractivity contribution in [1.29, 1.82) is 0 Å². The van der Waals surface area contributed by atoms with E-state index in [1.165, 1.54) is 0 Å². The molecule has 0 aliphatic rings.